The zero-order valence-electron chi connectivity index (χ0n) is 12.2. The number of aliphatic carboxylic acids is 1. The third-order valence-corrected chi connectivity index (χ3v) is 4.33. The molecule has 0 fully saturated rings. The van der Waals surface area contributed by atoms with Gasteiger partial charge in [-0.05, 0) is 30.9 Å². The minimum atomic E-state index is -0.869. The van der Waals surface area contributed by atoms with Crippen LogP contribution in [0.5, 0.6) is 0 Å². The topological polar surface area (TPSA) is 95.7 Å². The number of nitrogens with zero attached hydrogens (tertiary/aromatic N) is 2. The summed E-state index contributed by atoms with van der Waals surface area (Å²) in [4.78, 5) is 24.0. The highest BCUT2D eigenvalue weighted by Crippen LogP contribution is 2.39. The predicted octanol–water partition coefficient (Wildman–Crippen LogP) is 2.03. The van der Waals surface area contributed by atoms with Gasteiger partial charge in [0.05, 0.1) is 16.2 Å². The molecule has 7 nitrogen and oxygen atoms in total. The molecule has 1 aromatic rings. The smallest absolute Gasteiger partial charge is 0.326 e. The molecule has 22 heavy (non-hydrogen) atoms. The van der Waals surface area contributed by atoms with Crippen LogP contribution in [0.3, 0.4) is 0 Å². The molecule has 116 valence electrons. The molecule has 0 bridgehead atoms. The Morgan fingerprint density at radius 3 is 2.95 bits per heavy atom. The van der Waals surface area contributed by atoms with E-state index in [0.717, 1.165) is 29.9 Å². The first-order valence-electron chi connectivity index (χ1n) is 7.20. The molecule has 1 aromatic carbocycles. The van der Waals surface area contributed by atoms with Crippen molar-refractivity contribution in [3.63, 3.8) is 0 Å². The number of hydrogen-bond acceptors (Lipinski definition) is 5. The molecule has 7 heteroatoms. The average Bonchev–Trinajstić information content (AvgIpc) is 2.69. The average molecular weight is 303 g/mol. The number of carbonyl (C=O) groups is 1. The van der Waals surface area contributed by atoms with Crippen LogP contribution in [-0.4, -0.2) is 29.1 Å². The van der Waals surface area contributed by atoms with Gasteiger partial charge in [-0.25, -0.2) is 4.79 Å². The summed E-state index contributed by atoms with van der Waals surface area (Å²) in [6.07, 6.45) is 2.55. The number of benzene rings is 1. The summed E-state index contributed by atoms with van der Waals surface area (Å²) in [6, 6.07) is 4.39. The number of carboxylic acid groups (broad SMARTS) is 1. The van der Waals surface area contributed by atoms with Crippen molar-refractivity contribution in [1.29, 1.82) is 0 Å². The Bertz CT molecular complexity index is 683. The normalized spacial score (nSPS) is 20.6. The van der Waals surface area contributed by atoms with Crippen LogP contribution in [0, 0.1) is 10.1 Å². The van der Waals surface area contributed by atoms with Crippen LogP contribution in [0.25, 0.3) is 0 Å². The summed E-state index contributed by atoms with van der Waals surface area (Å²) in [7, 11) is 1.81. The molecular weight excluding hydrogens is 286 g/mol. The molecule has 0 aliphatic carbocycles. The van der Waals surface area contributed by atoms with Gasteiger partial charge in [0.1, 0.15) is 11.9 Å². The van der Waals surface area contributed by atoms with Crippen LogP contribution in [0.1, 0.15) is 24.8 Å². The Labute approximate surface area is 127 Å². The zero-order valence-corrected chi connectivity index (χ0v) is 12.2. The second-order valence-electron chi connectivity index (χ2n) is 5.65. The lowest BCUT2D eigenvalue weighted by Crippen LogP contribution is -2.42. The molecule has 0 aromatic heterocycles. The lowest BCUT2D eigenvalue weighted by molar-refractivity contribution is -0.385. The summed E-state index contributed by atoms with van der Waals surface area (Å²) >= 11 is 0. The Balaban J connectivity index is 2.03. The second kappa shape index (κ2) is 5.32. The van der Waals surface area contributed by atoms with E-state index >= 15 is 0 Å². The van der Waals surface area contributed by atoms with E-state index < -0.39 is 12.0 Å². The van der Waals surface area contributed by atoms with Gasteiger partial charge < -0.3 is 15.3 Å². The van der Waals surface area contributed by atoms with Crippen LogP contribution in [0.15, 0.2) is 29.6 Å². The van der Waals surface area contributed by atoms with Crippen molar-refractivity contribution in [2.75, 3.05) is 11.9 Å². The maximum atomic E-state index is 11.3. The summed E-state index contributed by atoms with van der Waals surface area (Å²) < 4.78 is 0. The van der Waals surface area contributed by atoms with Gasteiger partial charge in [0.25, 0.3) is 5.69 Å². The molecule has 0 spiro atoms. The van der Waals surface area contributed by atoms with Crippen LogP contribution in [0.4, 0.5) is 11.4 Å². The lowest BCUT2D eigenvalue weighted by Gasteiger charge is -2.33. The highest BCUT2D eigenvalue weighted by molar-refractivity contribution is 5.75. The van der Waals surface area contributed by atoms with E-state index in [1.807, 2.05) is 18.0 Å². The molecule has 2 aliphatic heterocycles. The van der Waals surface area contributed by atoms with Crippen molar-refractivity contribution >= 4 is 17.3 Å². The van der Waals surface area contributed by atoms with Crippen molar-refractivity contribution in [2.45, 2.75) is 31.7 Å². The molecule has 0 amide bonds. The quantitative estimate of drug-likeness (QED) is 0.641. The highest BCUT2D eigenvalue weighted by atomic mass is 16.6. The van der Waals surface area contributed by atoms with Crippen LogP contribution >= 0.6 is 0 Å². The van der Waals surface area contributed by atoms with Crippen LogP contribution in [0.2, 0.25) is 0 Å². The van der Waals surface area contributed by atoms with E-state index in [4.69, 9.17) is 0 Å². The van der Waals surface area contributed by atoms with Crippen molar-refractivity contribution in [2.24, 2.45) is 0 Å². The molecule has 0 saturated carbocycles. The van der Waals surface area contributed by atoms with Crippen molar-refractivity contribution in [3.05, 3.63) is 45.3 Å². The Morgan fingerprint density at radius 1 is 1.50 bits per heavy atom. The largest absolute Gasteiger partial charge is 0.480 e. The molecule has 2 heterocycles. The third kappa shape index (κ3) is 2.28. The van der Waals surface area contributed by atoms with Crippen molar-refractivity contribution in [3.8, 4) is 0 Å². The van der Waals surface area contributed by atoms with Gasteiger partial charge >= 0.3 is 5.97 Å². The van der Waals surface area contributed by atoms with Gasteiger partial charge in [0.15, 0.2) is 0 Å². The molecule has 0 radical (unpaired) electrons. The van der Waals surface area contributed by atoms with Gasteiger partial charge in [-0.3, -0.25) is 10.1 Å². The van der Waals surface area contributed by atoms with Gasteiger partial charge in [-0.1, -0.05) is 6.07 Å². The van der Waals surface area contributed by atoms with E-state index in [0.29, 0.717) is 18.4 Å². The van der Waals surface area contributed by atoms with Gasteiger partial charge in [-0.2, -0.15) is 0 Å². The number of rotatable bonds is 2. The van der Waals surface area contributed by atoms with E-state index in [2.05, 4.69) is 5.32 Å². The van der Waals surface area contributed by atoms with E-state index in [1.54, 1.807) is 6.07 Å². The first-order valence-corrected chi connectivity index (χ1v) is 7.20. The van der Waals surface area contributed by atoms with E-state index in [1.165, 1.54) is 6.07 Å². The molecular formula is C15H17N3O4. The fraction of sp³-hybridized carbons (Fsp3) is 0.400. The SMILES string of the molecule is CN1C2=C(CCCC(C(=O)O)N2)Cc2c1cccc2[N+](=O)[O-]. The molecule has 1 unspecified atom stereocenters. The second-order valence-corrected chi connectivity index (χ2v) is 5.65. The number of anilines is 1. The molecule has 2 aliphatic rings. The summed E-state index contributed by atoms with van der Waals surface area (Å²) in [5, 5.41) is 23.6. The van der Waals surface area contributed by atoms with Crippen molar-refractivity contribution < 1.29 is 14.8 Å². The summed E-state index contributed by atoms with van der Waals surface area (Å²) in [5.41, 5.74) is 2.61. The summed E-state index contributed by atoms with van der Waals surface area (Å²) in [5.74, 6) is -0.0927. The third-order valence-electron chi connectivity index (χ3n) is 4.33. The van der Waals surface area contributed by atoms with Crippen LogP contribution in [-0.2, 0) is 11.2 Å². The number of nitrogens with one attached hydrogen (secondary N) is 1. The summed E-state index contributed by atoms with van der Waals surface area (Å²) in [6.45, 7) is 0. The minimum absolute atomic E-state index is 0.120. The zero-order chi connectivity index (χ0) is 15.9. The standard InChI is InChI=1S/C15H17N3O4/c1-17-12-6-3-7-13(18(21)22)10(12)8-9-4-2-5-11(15(19)20)16-14(9)17/h3,6-7,11,16H,2,4-5,8H2,1H3,(H,19,20). The molecule has 2 N–H and O–H groups in total. The van der Waals surface area contributed by atoms with Gasteiger partial charge in [-0.15, -0.1) is 0 Å². The number of fused-ring (bicyclic) bond motifs is 1. The monoisotopic (exact) mass is 303 g/mol. The molecule has 0 saturated heterocycles. The number of allylic oxidation sites excluding steroid dienone is 1. The fourth-order valence-corrected chi connectivity index (χ4v) is 3.23. The first kappa shape index (κ1) is 14.4. The predicted molar refractivity (Wildman–Crippen MR) is 80.6 cm³/mol. The number of carboxylic acids is 1. The minimum Gasteiger partial charge on any atom is -0.480 e. The Kier molecular flexibility index (Phi) is 3.48. The molecule has 1 atom stereocenters. The van der Waals surface area contributed by atoms with Crippen molar-refractivity contribution in [1.82, 2.24) is 5.32 Å². The van der Waals surface area contributed by atoms with Crippen LogP contribution < -0.4 is 10.2 Å². The maximum Gasteiger partial charge on any atom is 0.326 e. The lowest BCUT2D eigenvalue weighted by atomic mass is 9.94. The van der Waals surface area contributed by atoms with E-state index in [9.17, 15) is 20.0 Å². The Morgan fingerprint density at radius 2 is 2.27 bits per heavy atom. The maximum absolute atomic E-state index is 11.3. The number of nitro groups is 1. The highest BCUT2D eigenvalue weighted by Gasteiger charge is 2.32. The first-order chi connectivity index (χ1) is 10.5. The Hall–Kier alpha value is -2.57. The molecule has 3 rings (SSSR count). The fourth-order valence-electron chi connectivity index (χ4n) is 3.23. The van der Waals surface area contributed by atoms with Gasteiger partial charge in [0, 0.05) is 19.5 Å². The number of hydrogen-bond donors (Lipinski definition) is 2. The number of nitro benzene ring substituents is 1. The van der Waals surface area contributed by atoms with E-state index in [-0.39, 0.29) is 10.6 Å². The van der Waals surface area contributed by atoms with Gasteiger partial charge in [0.2, 0.25) is 0 Å².